The van der Waals surface area contributed by atoms with Gasteiger partial charge >= 0.3 is 0 Å². The van der Waals surface area contributed by atoms with Crippen molar-refractivity contribution in [1.82, 2.24) is 19.9 Å². The van der Waals surface area contributed by atoms with Gasteiger partial charge in [0.25, 0.3) is 0 Å². The second-order valence-corrected chi connectivity index (χ2v) is 8.89. The maximum absolute atomic E-state index is 12.2. The van der Waals surface area contributed by atoms with Crippen molar-refractivity contribution >= 4 is 28.9 Å². The number of likely N-dealkylation sites (N-methyl/N-ethyl adjacent to an activating group) is 1. The summed E-state index contributed by atoms with van der Waals surface area (Å²) in [5, 5.41) is 13.6. The van der Waals surface area contributed by atoms with Gasteiger partial charge in [-0.1, -0.05) is 18.2 Å². The van der Waals surface area contributed by atoms with Crippen LogP contribution in [-0.2, 0) is 11.2 Å². The number of anilines is 2. The first-order valence-corrected chi connectivity index (χ1v) is 11.3. The van der Waals surface area contributed by atoms with Crippen LogP contribution in [0.4, 0.5) is 11.6 Å². The van der Waals surface area contributed by atoms with Crippen molar-refractivity contribution in [2.24, 2.45) is 0 Å². The minimum Gasteiger partial charge on any atom is -0.508 e. The number of benzene rings is 1. The molecule has 0 aliphatic rings. The van der Waals surface area contributed by atoms with Crippen molar-refractivity contribution in [2.75, 3.05) is 12.4 Å². The van der Waals surface area contributed by atoms with Crippen molar-refractivity contribution in [3.63, 3.8) is 0 Å². The van der Waals surface area contributed by atoms with E-state index >= 15 is 0 Å². The van der Waals surface area contributed by atoms with Crippen LogP contribution < -0.4 is 5.32 Å². The van der Waals surface area contributed by atoms with Gasteiger partial charge in [0, 0.05) is 26.4 Å². The van der Waals surface area contributed by atoms with Gasteiger partial charge in [0.1, 0.15) is 22.4 Å². The predicted octanol–water partition coefficient (Wildman–Crippen LogP) is 5.12. The van der Waals surface area contributed by atoms with Crippen LogP contribution in [0.3, 0.4) is 0 Å². The molecule has 33 heavy (non-hydrogen) atoms. The van der Waals surface area contributed by atoms with Gasteiger partial charge in [-0.25, -0.2) is 15.0 Å². The lowest BCUT2D eigenvalue weighted by atomic mass is 10.1. The first-order valence-electron chi connectivity index (χ1n) is 10.5. The van der Waals surface area contributed by atoms with Crippen LogP contribution in [-0.4, -0.2) is 37.9 Å². The van der Waals surface area contributed by atoms with Gasteiger partial charge in [-0.2, -0.15) is 0 Å². The van der Waals surface area contributed by atoms with Gasteiger partial charge in [-0.15, -0.1) is 11.3 Å². The minimum atomic E-state index is -0.219. The number of aromatic hydroxyl groups is 1. The summed E-state index contributed by atoms with van der Waals surface area (Å²) in [6.45, 7) is 3.57. The molecule has 1 aromatic carbocycles. The van der Waals surface area contributed by atoms with Crippen molar-refractivity contribution in [1.29, 1.82) is 0 Å². The minimum absolute atomic E-state index is 0.0366. The quantitative estimate of drug-likeness (QED) is 0.399. The fourth-order valence-corrected chi connectivity index (χ4v) is 4.43. The number of carbonyl (C=O) groups excluding carboxylic acids is 1. The lowest BCUT2D eigenvalue weighted by Crippen LogP contribution is -2.30. The number of hydrogen-bond donors (Lipinski definition) is 2. The van der Waals surface area contributed by atoms with E-state index in [1.807, 2.05) is 49.4 Å². The third kappa shape index (κ3) is 5.53. The van der Waals surface area contributed by atoms with Crippen LogP contribution in [0.15, 0.2) is 67.0 Å². The van der Waals surface area contributed by atoms with Crippen LogP contribution in [0, 0.1) is 6.92 Å². The Morgan fingerprint density at radius 3 is 2.64 bits per heavy atom. The summed E-state index contributed by atoms with van der Waals surface area (Å²) in [6, 6.07) is 16.5. The Kier molecular flexibility index (Phi) is 6.65. The third-order valence-electron chi connectivity index (χ3n) is 5.31. The summed E-state index contributed by atoms with van der Waals surface area (Å²) in [6.07, 6.45) is 4.16. The van der Waals surface area contributed by atoms with Crippen LogP contribution in [0.25, 0.3) is 10.6 Å². The number of aryl methyl sites for hydroxylation is 1. The maximum Gasteiger partial charge on any atom is 0.219 e. The number of thiazole rings is 1. The number of nitrogens with one attached hydrogen (secondary N) is 1. The summed E-state index contributed by atoms with van der Waals surface area (Å²) in [5.41, 5.74) is 2.92. The molecular weight excluding hydrogens is 434 g/mol. The van der Waals surface area contributed by atoms with Gasteiger partial charge in [0.15, 0.2) is 0 Å². The molecule has 2 N–H and O–H groups in total. The average molecular weight is 460 g/mol. The molecule has 0 spiro atoms. The third-order valence-corrected chi connectivity index (χ3v) is 6.43. The molecule has 0 saturated carbocycles. The highest BCUT2D eigenvalue weighted by Gasteiger charge is 2.23. The van der Waals surface area contributed by atoms with E-state index in [1.54, 1.807) is 43.4 Å². The van der Waals surface area contributed by atoms with Gasteiger partial charge in [-0.05, 0) is 60.9 Å². The number of aromatic nitrogens is 3. The monoisotopic (exact) mass is 459 g/mol. The fraction of sp³-hybridized carbons (Fsp3) is 0.200. The van der Waals surface area contributed by atoms with Crippen LogP contribution in [0.1, 0.15) is 29.1 Å². The Bertz CT molecular complexity index is 1260. The molecule has 0 radical (unpaired) electrons. The molecule has 0 bridgehead atoms. The highest BCUT2D eigenvalue weighted by atomic mass is 32.1. The fourth-order valence-electron chi connectivity index (χ4n) is 3.40. The van der Waals surface area contributed by atoms with Crippen molar-refractivity contribution < 1.29 is 9.90 Å². The van der Waals surface area contributed by atoms with Crippen molar-refractivity contribution in [3.8, 4) is 16.3 Å². The second-order valence-electron chi connectivity index (χ2n) is 7.83. The zero-order valence-electron chi connectivity index (χ0n) is 18.7. The largest absolute Gasteiger partial charge is 0.508 e. The molecule has 4 aromatic rings. The Morgan fingerprint density at radius 2 is 1.91 bits per heavy atom. The predicted molar refractivity (Wildman–Crippen MR) is 131 cm³/mol. The molecule has 4 rings (SSSR count). The maximum atomic E-state index is 12.2. The van der Waals surface area contributed by atoms with E-state index in [-0.39, 0.29) is 17.7 Å². The lowest BCUT2D eigenvalue weighted by Gasteiger charge is -2.25. The molecule has 0 fully saturated rings. The SMILES string of the molecule is CC(=O)N(C)[C@@H](Cc1ccc(O)cc1)c1ncc(-c2cccc(Nc3cc(C)ccn3)n2)s1. The number of pyridine rings is 2. The Balaban J connectivity index is 1.59. The Labute approximate surface area is 196 Å². The van der Waals surface area contributed by atoms with Crippen LogP contribution >= 0.6 is 11.3 Å². The molecule has 0 unspecified atom stereocenters. The zero-order valence-corrected chi connectivity index (χ0v) is 19.5. The number of amides is 1. The molecule has 3 heterocycles. The van der Waals surface area contributed by atoms with Crippen molar-refractivity contribution in [2.45, 2.75) is 26.3 Å². The average Bonchev–Trinajstić information content (AvgIpc) is 3.28. The normalized spacial score (nSPS) is 11.7. The number of phenolic OH excluding ortho intramolecular Hbond substituents is 1. The standard InChI is InChI=1S/C25H25N5O2S/c1-16-11-12-26-24(13-16)29-23-6-4-5-20(28-23)22-15-27-25(33-22)21(30(3)17(2)31)14-18-7-9-19(32)10-8-18/h4-13,15,21,32H,14H2,1-3H3,(H,26,28,29)/t21-/m0/s1. The molecule has 0 saturated heterocycles. The molecule has 7 nitrogen and oxygen atoms in total. The van der Waals surface area contributed by atoms with E-state index in [1.165, 1.54) is 11.3 Å². The van der Waals surface area contributed by atoms with Gasteiger partial charge in [0.2, 0.25) is 5.91 Å². The van der Waals surface area contributed by atoms with Gasteiger partial charge < -0.3 is 15.3 Å². The summed E-state index contributed by atoms with van der Waals surface area (Å²) >= 11 is 1.52. The van der Waals surface area contributed by atoms with Crippen LogP contribution in [0.5, 0.6) is 5.75 Å². The smallest absolute Gasteiger partial charge is 0.219 e. The number of rotatable bonds is 7. The summed E-state index contributed by atoms with van der Waals surface area (Å²) in [7, 11) is 1.78. The second kappa shape index (κ2) is 9.79. The first kappa shape index (κ1) is 22.4. The molecule has 0 aliphatic heterocycles. The van der Waals surface area contributed by atoms with Crippen LogP contribution in [0.2, 0.25) is 0 Å². The number of phenols is 1. The molecule has 8 heteroatoms. The number of nitrogens with zero attached hydrogens (tertiary/aromatic N) is 4. The lowest BCUT2D eigenvalue weighted by molar-refractivity contribution is -0.129. The summed E-state index contributed by atoms with van der Waals surface area (Å²) < 4.78 is 0. The van der Waals surface area contributed by atoms with E-state index in [9.17, 15) is 9.90 Å². The molecule has 3 aromatic heterocycles. The van der Waals surface area contributed by atoms with E-state index in [0.717, 1.165) is 32.5 Å². The number of carbonyl (C=O) groups is 1. The Hall–Kier alpha value is -3.78. The van der Waals surface area contributed by atoms with E-state index in [0.29, 0.717) is 12.2 Å². The van der Waals surface area contributed by atoms with Crippen molar-refractivity contribution in [3.05, 3.63) is 83.1 Å². The van der Waals surface area contributed by atoms with Gasteiger partial charge in [0.05, 0.1) is 16.6 Å². The molecular formula is C25H25N5O2S. The number of hydrogen-bond acceptors (Lipinski definition) is 7. The zero-order chi connectivity index (χ0) is 23.4. The summed E-state index contributed by atoms with van der Waals surface area (Å²) in [4.78, 5) is 28.5. The van der Waals surface area contributed by atoms with E-state index < -0.39 is 0 Å². The molecule has 1 atom stereocenters. The molecule has 0 aliphatic carbocycles. The highest BCUT2D eigenvalue weighted by Crippen LogP contribution is 2.33. The molecule has 168 valence electrons. The van der Waals surface area contributed by atoms with Gasteiger partial charge in [-0.3, -0.25) is 4.79 Å². The first-order chi connectivity index (χ1) is 15.9. The Morgan fingerprint density at radius 1 is 1.12 bits per heavy atom. The molecule has 1 amide bonds. The van der Waals surface area contributed by atoms with E-state index in [4.69, 9.17) is 4.98 Å². The highest BCUT2D eigenvalue weighted by molar-refractivity contribution is 7.15. The van der Waals surface area contributed by atoms with E-state index in [2.05, 4.69) is 15.3 Å². The topological polar surface area (TPSA) is 91.2 Å². The summed E-state index contributed by atoms with van der Waals surface area (Å²) in [5.74, 6) is 1.61.